The van der Waals surface area contributed by atoms with Crippen LogP contribution in [0, 0.1) is 12.7 Å². The fourth-order valence-corrected chi connectivity index (χ4v) is 4.78. The van der Waals surface area contributed by atoms with Gasteiger partial charge in [-0.15, -0.1) is 0 Å². The molecule has 1 amide bonds. The van der Waals surface area contributed by atoms with Gasteiger partial charge in [0.05, 0.1) is 17.0 Å². The van der Waals surface area contributed by atoms with Gasteiger partial charge in [0.15, 0.2) is 5.69 Å². The lowest BCUT2D eigenvalue weighted by molar-refractivity contribution is 0.0977. The molecule has 0 aliphatic carbocycles. The monoisotopic (exact) mass is 457 g/mol. The van der Waals surface area contributed by atoms with Gasteiger partial charge in [-0.05, 0) is 48.4 Å². The maximum absolute atomic E-state index is 13.6. The summed E-state index contributed by atoms with van der Waals surface area (Å²) in [4.78, 5) is 12.8. The Hall–Kier alpha value is -3.23. The Morgan fingerprint density at radius 2 is 1.84 bits per heavy atom. The van der Waals surface area contributed by atoms with Gasteiger partial charge < -0.3 is 0 Å². The molecule has 0 atom stereocenters. The van der Waals surface area contributed by atoms with Crippen molar-refractivity contribution in [2.24, 2.45) is 0 Å². The van der Waals surface area contributed by atoms with Crippen LogP contribution in [0.3, 0.4) is 0 Å². The molecular weight excluding hydrogens is 441 g/mol. The van der Waals surface area contributed by atoms with Crippen LogP contribution in [0.2, 0.25) is 5.02 Å². The third-order valence-electron chi connectivity index (χ3n) is 4.83. The predicted molar refractivity (Wildman–Crippen MR) is 116 cm³/mol. The van der Waals surface area contributed by atoms with Crippen LogP contribution < -0.4 is 4.72 Å². The molecule has 158 valence electrons. The third kappa shape index (κ3) is 4.17. The van der Waals surface area contributed by atoms with Crippen LogP contribution in [0.4, 0.5) is 4.39 Å². The molecule has 1 aromatic heterocycles. The molecule has 3 aromatic carbocycles. The van der Waals surface area contributed by atoms with E-state index in [1.54, 1.807) is 49.4 Å². The summed E-state index contributed by atoms with van der Waals surface area (Å²) in [6.07, 6.45) is 0. The van der Waals surface area contributed by atoms with Crippen LogP contribution in [0.1, 0.15) is 21.6 Å². The van der Waals surface area contributed by atoms with E-state index in [1.807, 2.05) is 0 Å². The van der Waals surface area contributed by atoms with Crippen LogP contribution >= 0.6 is 11.6 Å². The van der Waals surface area contributed by atoms with Gasteiger partial charge in [0.1, 0.15) is 5.82 Å². The SMILES string of the molecule is Cc1c(Cl)cccc1S(=O)(=O)NC(=O)c1nn(Cc2cccc(F)c2)c2ccccc12. The second-order valence-electron chi connectivity index (χ2n) is 6.95. The van der Waals surface area contributed by atoms with Crippen LogP contribution in [0.15, 0.2) is 71.6 Å². The highest BCUT2D eigenvalue weighted by Gasteiger charge is 2.25. The summed E-state index contributed by atoms with van der Waals surface area (Å²) in [6.45, 7) is 1.77. The van der Waals surface area contributed by atoms with Crippen molar-refractivity contribution >= 4 is 38.4 Å². The van der Waals surface area contributed by atoms with Crippen molar-refractivity contribution < 1.29 is 17.6 Å². The normalized spacial score (nSPS) is 11.6. The van der Waals surface area contributed by atoms with Gasteiger partial charge in [-0.3, -0.25) is 9.48 Å². The first-order chi connectivity index (χ1) is 14.8. The van der Waals surface area contributed by atoms with Gasteiger partial charge in [0.25, 0.3) is 15.9 Å². The van der Waals surface area contributed by atoms with E-state index >= 15 is 0 Å². The van der Waals surface area contributed by atoms with Crippen molar-refractivity contribution in [1.29, 1.82) is 0 Å². The molecular formula is C22H17ClFN3O3S. The van der Waals surface area contributed by atoms with Crippen LogP contribution in [-0.2, 0) is 16.6 Å². The molecule has 4 aromatic rings. The lowest BCUT2D eigenvalue weighted by atomic mass is 10.2. The molecule has 1 heterocycles. The average Bonchev–Trinajstić information content (AvgIpc) is 3.08. The first-order valence-corrected chi connectivity index (χ1v) is 11.1. The summed E-state index contributed by atoms with van der Waals surface area (Å²) < 4.78 is 42.8. The predicted octanol–water partition coefficient (Wildman–Crippen LogP) is 4.30. The van der Waals surface area contributed by atoms with E-state index in [2.05, 4.69) is 9.82 Å². The molecule has 6 nitrogen and oxygen atoms in total. The Balaban J connectivity index is 1.71. The fourth-order valence-electron chi connectivity index (χ4n) is 3.33. The summed E-state index contributed by atoms with van der Waals surface area (Å²) in [7, 11) is -4.17. The van der Waals surface area contributed by atoms with Gasteiger partial charge in [0.2, 0.25) is 0 Å². The molecule has 1 N–H and O–H groups in total. The Kier molecular flexibility index (Phi) is 5.51. The maximum Gasteiger partial charge on any atom is 0.286 e. The zero-order valence-electron chi connectivity index (χ0n) is 16.3. The number of halogens is 2. The molecule has 0 radical (unpaired) electrons. The van der Waals surface area contributed by atoms with Gasteiger partial charge in [-0.2, -0.15) is 5.10 Å². The van der Waals surface area contributed by atoms with Gasteiger partial charge in [-0.25, -0.2) is 17.5 Å². The van der Waals surface area contributed by atoms with E-state index in [4.69, 9.17) is 11.6 Å². The molecule has 0 unspecified atom stereocenters. The lowest BCUT2D eigenvalue weighted by Gasteiger charge is -2.09. The van der Waals surface area contributed by atoms with Crippen LogP contribution in [-0.4, -0.2) is 24.1 Å². The molecule has 0 fully saturated rings. The average molecular weight is 458 g/mol. The number of amides is 1. The minimum Gasteiger partial charge on any atom is -0.266 e. The van der Waals surface area contributed by atoms with E-state index in [-0.39, 0.29) is 28.0 Å². The first kappa shape index (κ1) is 21.0. The van der Waals surface area contributed by atoms with Gasteiger partial charge >= 0.3 is 0 Å². The summed E-state index contributed by atoms with van der Waals surface area (Å²) in [5.74, 6) is -1.25. The van der Waals surface area contributed by atoms with E-state index in [9.17, 15) is 17.6 Å². The minimum atomic E-state index is -4.17. The number of para-hydroxylation sites is 1. The highest BCUT2D eigenvalue weighted by atomic mass is 35.5. The van der Waals surface area contributed by atoms with Gasteiger partial charge in [-0.1, -0.05) is 48.0 Å². The maximum atomic E-state index is 13.6. The quantitative estimate of drug-likeness (QED) is 0.484. The number of hydrogen-bond acceptors (Lipinski definition) is 4. The second kappa shape index (κ2) is 8.13. The Labute approximate surface area is 183 Å². The van der Waals surface area contributed by atoms with E-state index in [0.29, 0.717) is 22.0 Å². The molecule has 9 heteroatoms. The molecule has 0 aliphatic heterocycles. The van der Waals surface area contributed by atoms with Crippen molar-refractivity contribution in [3.63, 3.8) is 0 Å². The minimum absolute atomic E-state index is 0.0461. The number of sulfonamides is 1. The Morgan fingerprint density at radius 3 is 2.61 bits per heavy atom. The van der Waals surface area contributed by atoms with Crippen LogP contribution in [0.25, 0.3) is 10.9 Å². The highest BCUT2D eigenvalue weighted by Crippen LogP contribution is 2.24. The molecule has 0 saturated carbocycles. The Morgan fingerprint density at radius 1 is 1.10 bits per heavy atom. The summed E-state index contributed by atoms with van der Waals surface area (Å²) >= 11 is 6.02. The number of nitrogens with one attached hydrogen (secondary N) is 1. The smallest absolute Gasteiger partial charge is 0.266 e. The molecule has 31 heavy (non-hydrogen) atoms. The second-order valence-corrected chi connectivity index (χ2v) is 9.01. The number of benzene rings is 3. The molecule has 0 aliphatic rings. The zero-order valence-corrected chi connectivity index (χ0v) is 17.9. The molecule has 0 spiro atoms. The van der Waals surface area contributed by atoms with Crippen molar-refractivity contribution in [3.05, 3.63) is 94.4 Å². The number of aromatic nitrogens is 2. The largest absolute Gasteiger partial charge is 0.286 e. The number of carbonyl (C=O) groups is 1. The summed E-state index contributed by atoms with van der Waals surface area (Å²) in [5.41, 5.74) is 1.57. The number of carbonyl (C=O) groups excluding carboxylic acids is 1. The first-order valence-electron chi connectivity index (χ1n) is 9.28. The van der Waals surface area contributed by atoms with Gasteiger partial charge in [0, 0.05) is 10.4 Å². The van der Waals surface area contributed by atoms with Crippen molar-refractivity contribution in [3.8, 4) is 0 Å². The standard InChI is InChI=1S/C22H17ClFN3O3S/c1-14-18(23)9-5-11-20(14)31(29,30)26-22(28)21-17-8-2-3-10-19(17)27(25-21)13-15-6-4-7-16(24)12-15/h2-12H,13H2,1H3,(H,26,28). The highest BCUT2D eigenvalue weighted by molar-refractivity contribution is 7.90. The summed E-state index contributed by atoms with van der Waals surface area (Å²) in [5, 5.41) is 5.08. The Bertz CT molecular complexity index is 1420. The summed E-state index contributed by atoms with van der Waals surface area (Å²) in [6, 6.07) is 17.4. The number of fused-ring (bicyclic) bond motifs is 1. The van der Waals surface area contributed by atoms with E-state index < -0.39 is 15.9 Å². The zero-order chi connectivity index (χ0) is 22.2. The lowest BCUT2D eigenvalue weighted by Crippen LogP contribution is -2.31. The topological polar surface area (TPSA) is 81.1 Å². The van der Waals surface area contributed by atoms with E-state index in [0.717, 1.165) is 0 Å². The molecule has 0 saturated heterocycles. The van der Waals surface area contributed by atoms with Crippen molar-refractivity contribution in [2.45, 2.75) is 18.4 Å². The fraction of sp³-hybridized carbons (Fsp3) is 0.0909. The third-order valence-corrected chi connectivity index (χ3v) is 6.71. The number of nitrogens with zero attached hydrogens (tertiary/aromatic N) is 2. The van der Waals surface area contributed by atoms with Crippen molar-refractivity contribution in [1.82, 2.24) is 14.5 Å². The van der Waals surface area contributed by atoms with E-state index in [1.165, 1.54) is 28.9 Å². The van der Waals surface area contributed by atoms with Crippen molar-refractivity contribution in [2.75, 3.05) is 0 Å². The molecule has 0 bridgehead atoms. The molecule has 4 rings (SSSR count). The van der Waals surface area contributed by atoms with Crippen LogP contribution in [0.5, 0.6) is 0 Å². The number of rotatable bonds is 5. The number of hydrogen-bond donors (Lipinski definition) is 1.